The SMILES string of the molecule is COc1ccc(C(NC(=O)CNc2cccc(C(N)=O)c2C)c2ccc(OC)cc2)cc1. The molecule has 0 aliphatic rings. The van der Waals surface area contributed by atoms with E-state index in [1.807, 2.05) is 48.5 Å². The minimum absolute atomic E-state index is 0.0336. The van der Waals surface area contributed by atoms with Crippen molar-refractivity contribution in [3.8, 4) is 11.5 Å². The third-order valence-electron chi connectivity index (χ3n) is 5.24. The maximum Gasteiger partial charge on any atom is 0.249 e. The van der Waals surface area contributed by atoms with E-state index in [0.29, 0.717) is 16.8 Å². The molecule has 0 unspecified atom stereocenters. The van der Waals surface area contributed by atoms with Gasteiger partial charge in [-0.15, -0.1) is 0 Å². The lowest BCUT2D eigenvalue weighted by Gasteiger charge is -2.21. The first-order valence-corrected chi connectivity index (χ1v) is 10.1. The van der Waals surface area contributed by atoms with Gasteiger partial charge in [0.15, 0.2) is 0 Å². The summed E-state index contributed by atoms with van der Waals surface area (Å²) in [7, 11) is 3.22. The average molecular weight is 434 g/mol. The zero-order valence-electron chi connectivity index (χ0n) is 18.3. The van der Waals surface area contributed by atoms with E-state index in [0.717, 1.165) is 22.6 Å². The van der Waals surface area contributed by atoms with E-state index in [2.05, 4.69) is 10.6 Å². The number of hydrogen-bond acceptors (Lipinski definition) is 5. The maximum absolute atomic E-state index is 12.8. The molecule has 0 bridgehead atoms. The van der Waals surface area contributed by atoms with E-state index in [1.165, 1.54) is 0 Å². The summed E-state index contributed by atoms with van der Waals surface area (Å²) in [6, 6.07) is 19.9. The minimum atomic E-state index is -0.505. The molecule has 0 heterocycles. The molecular formula is C25H27N3O4. The highest BCUT2D eigenvalue weighted by molar-refractivity contribution is 5.96. The number of nitrogens with two attached hydrogens (primary N) is 1. The van der Waals surface area contributed by atoms with Gasteiger partial charge >= 0.3 is 0 Å². The van der Waals surface area contributed by atoms with Gasteiger partial charge in [0.2, 0.25) is 11.8 Å². The molecule has 0 spiro atoms. The van der Waals surface area contributed by atoms with Crippen LogP contribution in [0.1, 0.15) is 33.1 Å². The largest absolute Gasteiger partial charge is 0.497 e. The summed E-state index contributed by atoms with van der Waals surface area (Å²) in [5.74, 6) is 0.764. The smallest absolute Gasteiger partial charge is 0.249 e. The summed E-state index contributed by atoms with van der Waals surface area (Å²) in [6.07, 6.45) is 0. The number of carbonyl (C=O) groups excluding carboxylic acids is 2. The van der Waals surface area contributed by atoms with Gasteiger partial charge in [-0.2, -0.15) is 0 Å². The van der Waals surface area contributed by atoms with Crippen LogP contribution in [0, 0.1) is 6.92 Å². The molecule has 3 aromatic carbocycles. The third-order valence-corrected chi connectivity index (χ3v) is 5.24. The Morgan fingerprint density at radius 2 is 1.41 bits per heavy atom. The van der Waals surface area contributed by atoms with Gasteiger partial charge in [-0.05, 0) is 60.0 Å². The van der Waals surface area contributed by atoms with Crippen LogP contribution in [0.2, 0.25) is 0 Å². The van der Waals surface area contributed by atoms with Crippen LogP contribution in [0.3, 0.4) is 0 Å². The number of nitrogens with one attached hydrogen (secondary N) is 2. The standard InChI is InChI=1S/C25H27N3O4/c1-16-21(25(26)30)5-4-6-22(16)27-15-23(29)28-24(17-7-11-19(31-2)12-8-17)18-9-13-20(32-3)14-10-18/h4-14,24,27H,15H2,1-3H3,(H2,26,30)(H,28,29). The number of benzene rings is 3. The van der Waals surface area contributed by atoms with Crippen molar-refractivity contribution in [2.45, 2.75) is 13.0 Å². The summed E-state index contributed by atoms with van der Waals surface area (Å²) >= 11 is 0. The summed E-state index contributed by atoms with van der Waals surface area (Å²) < 4.78 is 10.5. The monoisotopic (exact) mass is 433 g/mol. The molecule has 3 rings (SSSR count). The van der Waals surface area contributed by atoms with Crippen LogP contribution in [0.25, 0.3) is 0 Å². The average Bonchev–Trinajstić information content (AvgIpc) is 2.82. The molecule has 7 heteroatoms. The van der Waals surface area contributed by atoms with Crippen molar-refractivity contribution in [1.29, 1.82) is 0 Å². The number of carbonyl (C=O) groups is 2. The van der Waals surface area contributed by atoms with E-state index in [-0.39, 0.29) is 18.5 Å². The zero-order valence-corrected chi connectivity index (χ0v) is 18.3. The summed E-state index contributed by atoms with van der Waals surface area (Å²) in [4.78, 5) is 24.4. The predicted octanol–water partition coefficient (Wildman–Crippen LogP) is 3.43. The van der Waals surface area contributed by atoms with Crippen molar-refractivity contribution in [3.63, 3.8) is 0 Å². The lowest BCUT2D eigenvalue weighted by molar-refractivity contribution is -0.119. The first-order valence-electron chi connectivity index (χ1n) is 10.1. The fourth-order valence-corrected chi connectivity index (χ4v) is 3.43. The molecule has 3 aromatic rings. The molecule has 0 atom stereocenters. The lowest BCUT2D eigenvalue weighted by Crippen LogP contribution is -2.34. The highest BCUT2D eigenvalue weighted by Crippen LogP contribution is 2.26. The van der Waals surface area contributed by atoms with Gasteiger partial charge in [-0.3, -0.25) is 9.59 Å². The molecule has 0 saturated carbocycles. The Morgan fingerprint density at radius 1 is 0.875 bits per heavy atom. The van der Waals surface area contributed by atoms with E-state index in [4.69, 9.17) is 15.2 Å². The fourth-order valence-electron chi connectivity index (χ4n) is 3.43. The molecule has 0 radical (unpaired) electrons. The highest BCUT2D eigenvalue weighted by Gasteiger charge is 2.18. The van der Waals surface area contributed by atoms with E-state index in [9.17, 15) is 9.59 Å². The van der Waals surface area contributed by atoms with E-state index < -0.39 is 5.91 Å². The second-order valence-electron chi connectivity index (χ2n) is 7.24. The van der Waals surface area contributed by atoms with Crippen molar-refractivity contribution in [2.75, 3.05) is 26.1 Å². The van der Waals surface area contributed by atoms with Gasteiger partial charge in [-0.1, -0.05) is 30.3 Å². The van der Waals surface area contributed by atoms with Crippen molar-refractivity contribution < 1.29 is 19.1 Å². The molecule has 0 aromatic heterocycles. The van der Waals surface area contributed by atoms with Crippen LogP contribution in [-0.2, 0) is 4.79 Å². The molecule has 0 aliphatic carbocycles. The van der Waals surface area contributed by atoms with Gasteiger partial charge in [0.1, 0.15) is 11.5 Å². The quantitative estimate of drug-likeness (QED) is 0.480. The minimum Gasteiger partial charge on any atom is -0.497 e. The summed E-state index contributed by atoms with van der Waals surface area (Å²) in [5.41, 5.74) is 9.04. The highest BCUT2D eigenvalue weighted by atomic mass is 16.5. The first-order chi connectivity index (χ1) is 15.4. The van der Waals surface area contributed by atoms with E-state index in [1.54, 1.807) is 39.3 Å². The molecule has 2 amide bonds. The molecule has 0 fully saturated rings. The second-order valence-corrected chi connectivity index (χ2v) is 7.24. The number of primary amides is 1. The van der Waals surface area contributed by atoms with Crippen LogP contribution in [0.4, 0.5) is 5.69 Å². The van der Waals surface area contributed by atoms with Crippen LogP contribution in [-0.4, -0.2) is 32.6 Å². The number of amides is 2. The number of hydrogen-bond donors (Lipinski definition) is 3. The maximum atomic E-state index is 12.8. The van der Waals surface area contributed by atoms with Gasteiger partial charge in [0, 0.05) is 11.3 Å². The van der Waals surface area contributed by atoms with Crippen LogP contribution in [0.15, 0.2) is 66.7 Å². The zero-order chi connectivity index (χ0) is 23.1. The third kappa shape index (κ3) is 5.37. The molecule has 0 saturated heterocycles. The number of rotatable bonds is 9. The van der Waals surface area contributed by atoms with Gasteiger partial charge in [0.05, 0.1) is 26.8 Å². The first kappa shape index (κ1) is 22.7. The van der Waals surface area contributed by atoms with E-state index >= 15 is 0 Å². The van der Waals surface area contributed by atoms with Gasteiger partial charge in [-0.25, -0.2) is 0 Å². The Labute approximate surface area is 187 Å². The number of anilines is 1. The van der Waals surface area contributed by atoms with Crippen molar-refractivity contribution in [3.05, 3.63) is 89.0 Å². The molecule has 32 heavy (non-hydrogen) atoms. The second kappa shape index (κ2) is 10.3. The normalized spacial score (nSPS) is 10.5. The van der Waals surface area contributed by atoms with Gasteiger partial charge < -0.3 is 25.8 Å². The Kier molecular flexibility index (Phi) is 7.33. The van der Waals surface area contributed by atoms with Crippen LogP contribution in [0.5, 0.6) is 11.5 Å². The van der Waals surface area contributed by atoms with Crippen molar-refractivity contribution in [1.82, 2.24) is 5.32 Å². The summed E-state index contributed by atoms with van der Waals surface area (Å²) in [6.45, 7) is 1.82. The topological polar surface area (TPSA) is 103 Å². The lowest BCUT2D eigenvalue weighted by atomic mass is 9.98. The van der Waals surface area contributed by atoms with Crippen LogP contribution >= 0.6 is 0 Å². The number of methoxy groups -OCH3 is 2. The van der Waals surface area contributed by atoms with Crippen molar-refractivity contribution in [2.24, 2.45) is 5.73 Å². The fraction of sp³-hybridized carbons (Fsp3) is 0.200. The van der Waals surface area contributed by atoms with Crippen LogP contribution < -0.4 is 25.8 Å². The molecule has 166 valence electrons. The van der Waals surface area contributed by atoms with Gasteiger partial charge in [0.25, 0.3) is 0 Å². The molecular weight excluding hydrogens is 406 g/mol. The molecule has 0 aliphatic heterocycles. The molecule has 4 N–H and O–H groups in total. The van der Waals surface area contributed by atoms with Crippen molar-refractivity contribution >= 4 is 17.5 Å². The Morgan fingerprint density at radius 3 is 1.88 bits per heavy atom. The Balaban J connectivity index is 1.78. The summed E-state index contributed by atoms with van der Waals surface area (Å²) in [5, 5.41) is 6.17. The predicted molar refractivity (Wildman–Crippen MR) is 124 cm³/mol. The Hall–Kier alpha value is -4.00. The number of ether oxygens (including phenoxy) is 2. The Bertz CT molecular complexity index is 1030. The molecule has 7 nitrogen and oxygen atoms in total.